The number of oxazole rings is 1. The van der Waals surface area contributed by atoms with Crippen molar-refractivity contribution in [3.05, 3.63) is 255 Å². The molecule has 13 aromatic rings. The summed E-state index contributed by atoms with van der Waals surface area (Å²) in [6.07, 6.45) is 0. The number of para-hydroxylation sites is 5. The summed E-state index contributed by atoms with van der Waals surface area (Å²) in [5.74, 6) is 0.603. The fourth-order valence-corrected chi connectivity index (χ4v) is 9.82. The van der Waals surface area contributed by atoms with Crippen LogP contribution in [0.4, 0.5) is 51.2 Å². The Bertz CT molecular complexity index is 3930. The van der Waals surface area contributed by atoms with Crippen LogP contribution < -0.4 is 14.7 Å². The van der Waals surface area contributed by atoms with Gasteiger partial charge in [-0.1, -0.05) is 133 Å². The molecule has 69 heavy (non-hydrogen) atoms. The highest BCUT2D eigenvalue weighted by molar-refractivity contribution is 6.19. The van der Waals surface area contributed by atoms with Crippen LogP contribution in [0.15, 0.2) is 264 Å². The van der Waals surface area contributed by atoms with E-state index in [0.717, 1.165) is 111 Å². The van der Waals surface area contributed by atoms with E-state index in [1.54, 1.807) is 0 Å². The summed E-state index contributed by atoms with van der Waals surface area (Å²) in [5.41, 5.74) is 13.3. The topological polar surface area (TPSA) is 48.9 Å². The molecule has 11 aromatic carbocycles. The molecule has 0 saturated heterocycles. The zero-order valence-corrected chi connectivity index (χ0v) is 37.4. The van der Waals surface area contributed by atoms with E-state index in [-0.39, 0.29) is 0 Å². The smallest absolute Gasteiger partial charge is 0.227 e. The average Bonchev–Trinajstić information content (AvgIpc) is 4.03. The summed E-state index contributed by atoms with van der Waals surface area (Å²) in [7, 11) is 0. The Hall–Kier alpha value is -9.39. The van der Waals surface area contributed by atoms with Crippen molar-refractivity contribution >= 4 is 106 Å². The minimum atomic E-state index is 0.603. The van der Waals surface area contributed by atoms with Crippen LogP contribution in [0.5, 0.6) is 0 Å². The third-order valence-electron chi connectivity index (χ3n) is 13.0. The van der Waals surface area contributed by atoms with E-state index in [4.69, 9.17) is 13.8 Å². The van der Waals surface area contributed by atoms with Crippen molar-refractivity contribution in [2.24, 2.45) is 0 Å². The summed E-state index contributed by atoms with van der Waals surface area (Å²) in [5, 5.41) is 6.43. The molecule has 0 aliphatic heterocycles. The van der Waals surface area contributed by atoms with E-state index < -0.39 is 0 Å². The van der Waals surface area contributed by atoms with Crippen LogP contribution in [0.3, 0.4) is 0 Å². The molecule has 6 heteroatoms. The number of benzene rings is 11. The van der Waals surface area contributed by atoms with Gasteiger partial charge in [0.25, 0.3) is 0 Å². The first-order valence-electron chi connectivity index (χ1n) is 23.2. The fraction of sp³-hybridized carbons (Fsp3) is 0. The molecule has 2 aromatic heterocycles. The largest absolute Gasteiger partial charge is 0.456 e. The third-order valence-corrected chi connectivity index (χ3v) is 13.0. The molecule has 0 fully saturated rings. The molecule has 0 unspecified atom stereocenters. The second-order valence-electron chi connectivity index (χ2n) is 17.2. The van der Waals surface area contributed by atoms with Gasteiger partial charge in [-0.25, -0.2) is 4.98 Å². The Morgan fingerprint density at radius 3 is 1.30 bits per heavy atom. The van der Waals surface area contributed by atoms with Gasteiger partial charge in [0.1, 0.15) is 16.7 Å². The van der Waals surface area contributed by atoms with E-state index in [1.807, 2.05) is 42.5 Å². The Morgan fingerprint density at radius 1 is 0.290 bits per heavy atom. The Balaban J connectivity index is 1.08. The lowest BCUT2D eigenvalue weighted by molar-refractivity contribution is 0.623. The number of fused-ring (bicyclic) bond motifs is 8. The lowest BCUT2D eigenvalue weighted by Gasteiger charge is -2.33. The van der Waals surface area contributed by atoms with Gasteiger partial charge in [-0.15, -0.1) is 0 Å². The maximum Gasteiger partial charge on any atom is 0.227 e. The summed E-state index contributed by atoms with van der Waals surface area (Å²) in [4.78, 5) is 12.0. The van der Waals surface area contributed by atoms with Crippen LogP contribution in [0.1, 0.15) is 0 Å². The van der Waals surface area contributed by atoms with Crippen molar-refractivity contribution in [1.82, 2.24) is 4.98 Å². The van der Waals surface area contributed by atoms with Crippen molar-refractivity contribution in [1.29, 1.82) is 0 Å². The molecule has 0 aliphatic carbocycles. The second-order valence-corrected chi connectivity index (χ2v) is 17.2. The van der Waals surface area contributed by atoms with Crippen molar-refractivity contribution in [2.45, 2.75) is 0 Å². The molecule has 2 heterocycles. The van der Waals surface area contributed by atoms with Gasteiger partial charge in [0.15, 0.2) is 5.58 Å². The first kappa shape index (κ1) is 39.9. The predicted molar refractivity (Wildman–Crippen MR) is 286 cm³/mol. The van der Waals surface area contributed by atoms with Crippen LogP contribution >= 0.6 is 0 Å². The molecule has 0 amide bonds. The molecule has 0 spiro atoms. The number of rotatable bonds is 10. The Labute approximate surface area is 398 Å². The van der Waals surface area contributed by atoms with Crippen molar-refractivity contribution < 1.29 is 8.83 Å². The van der Waals surface area contributed by atoms with Gasteiger partial charge in [0, 0.05) is 55.8 Å². The lowest BCUT2D eigenvalue weighted by Crippen LogP contribution is -2.16. The highest BCUT2D eigenvalue weighted by Gasteiger charge is 2.24. The molecule has 0 saturated carbocycles. The quantitative estimate of drug-likeness (QED) is 0.128. The van der Waals surface area contributed by atoms with Crippen LogP contribution in [-0.4, -0.2) is 4.98 Å². The highest BCUT2D eigenvalue weighted by atomic mass is 16.3. The average molecular weight is 887 g/mol. The van der Waals surface area contributed by atoms with E-state index >= 15 is 0 Å². The van der Waals surface area contributed by atoms with Crippen LogP contribution in [0.2, 0.25) is 0 Å². The number of furan rings is 1. The zero-order valence-electron chi connectivity index (χ0n) is 37.4. The van der Waals surface area contributed by atoms with Crippen LogP contribution in [-0.2, 0) is 0 Å². The van der Waals surface area contributed by atoms with E-state index in [2.05, 4.69) is 227 Å². The second kappa shape index (κ2) is 16.8. The summed E-state index contributed by atoms with van der Waals surface area (Å²) >= 11 is 0. The van der Waals surface area contributed by atoms with Gasteiger partial charge in [-0.3, -0.25) is 0 Å². The number of anilines is 9. The Morgan fingerprint density at radius 2 is 0.725 bits per heavy atom. The molecule has 6 nitrogen and oxygen atoms in total. The number of hydrogen-bond acceptors (Lipinski definition) is 6. The number of hydrogen-bond donors (Lipinski definition) is 0. The molecule has 0 bridgehead atoms. The van der Waals surface area contributed by atoms with Crippen molar-refractivity contribution in [3.8, 4) is 11.5 Å². The van der Waals surface area contributed by atoms with Gasteiger partial charge in [-0.05, 0) is 137 Å². The van der Waals surface area contributed by atoms with Gasteiger partial charge >= 0.3 is 0 Å². The zero-order chi connectivity index (χ0) is 45.7. The van der Waals surface area contributed by atoms with Gasteiger partial charge < -0.3 is 23.5 Å². The van der Waals surface area contributed by atoms with Gasteiger partial charge in [0.2, 0.25) is 5.89 Å². The minimum Gasteiger partial charge on any atom is -0.456 e. The molecule has 0 atom stereocenters. The Kier molecular flexibility index (Phi) is 9.72. The third kappa shape index (κ3) is 7.19. The van der Waals surface area contributed by atoms with Crippen molar-refractivity contribution in [2.75, 3.05) is 14.7 Å². The predicted octanol–water partition coefficient (Wildman–Crippen LogP) is 18.1. The SMILES string of the molecule is c1ccc(-c2nc3ccc4ccc5ccc(N(c6ccccc6)c6cc(N(c7ccccc7)c7ccccc7)cc(N(c7ccccc7)c7ccc8oc9ccccc9c8c7)c6)cc5c4c3o2)cc1. The maximum atomic E-state index is 6.70. The summed E-state index contributed by atoms with van der Waals surface area (Å²) in [6, 6.07) is 89.6. The first-order valence-corrected chi connectivity index (χ1v) is 23.2. The molecule has 0 aliphatic rings. The maximum absolute atomic E-state index is 6.70. The monoisotopic (exact) mass is 886 g/mol. The van der Waals surface area contributed by atoms with E-state index in [9.17, 15) is 0 Å². The number of aromatic nitrogens is 1. The highest BCUT2D eigenvalue weighted by Crippen LogP contribution is 2.47. The summed E-state index contributed by atoms with van der Waals surface area (Å²) in [6.45, 7) is 0. The lowest BCUT2D eigenvalue weighted by atomic mass is 10.00. The first-order chi connectivity index (χ1) is 34.2. The van der Waals surface area contributed by atoms with E-state index in [0.29, 0.717) is 5.89 Å². The van der Waals surface area contributed by atoms with E-state index in [1.165, 1.54) is 0 Å². The number of nitrogens with zero attached hydrogens (tertiary/aromatic N) is 4. The molecule has 13 rings (SSSR count). The normalized spacial score (nSPS) is 11.5. The molecular weight excluding hydrogens is 845 g/mol. The molecular formula is C63H42N4O2. The van der Waals surface area contributed by atoms with Crippen LogP contribution in [0.25, 0.3) is 66.0 Å². The standard InChI is InChI=1S/C63H42N4O2/c1-6-18-45(19-7-1)63-64-58-36-33-44-31-30-43-32-34-50(41-56(43)61(44)62(58)69-63)66(48-24-12-4-13-25-48)53-38-52(65(46-20-8-2-9-21-46)47-22-10-3-11-23-47)39-54(40-53)67(49-26-14-5-15-27-49)51-35-37-60-57(42-51)55-28-16-17-29-59(55)68-60/h1-42H. The van der Waals surface area contributed by atoms with Crippen LogP contribution in [0, 0.1) is 0 Å². The summed E-state index contributed by atoms with van der Waals surface area (Å²) < 4.78 is 13.1. The van der Waals surface area contributed by atoms with Crippen molar-refractivity contribution in [3.63, 3.8) is 0 Å². The molecule has 326 valence electrons. The van der Waals surface area contributed by atoms with Gasteiger partial charge in [0.05, 0.1) is 17.1 Å². The minimum absolute atomic E-state index is 0.603. The van der Waals surface area contributed by atoms with Gasteiger partial charge in [-0.2, -0.15) is 0 Å². The molecule has 0 N–H and O–H groups in total. The fourth-order valence-electron chi connectivity index (χ4n) is 9.82. The molecule has 0 radical (unpaired) electrons.